The molecule has 6 nitrogen and oxygen atoms in total. The summed E-state index contributed by atoms with van der Waals surface area (Å²) in [6.07, 6.45) is 10.4. The number of amides is 2. The zero-order chi connectivity index (χ0) is 17.5. The predicted molar refractivity (Wildman–Crippen MR) is 98.6 cm³/mol. The Hall–Kier alpha value is -1.56. The van der Waals surface area contributed by atoms with Crippen LogP contribution in [0.4, 0.5) is 10.6 Å². The highest BCUT2D eigenvalue weighted by Crippen LogP contribution is 2.26. The summed E-state index contributed by atoms with van der Waals surface area (Å²) in [4.78, 5) is 14.6. The maximum atomic E-state index is 12.7. The molecule has 2 fully saturated rings. The van der Waals surface area contributed by atoms with Crippen molar-refractivity contribution in [3.63, 3.8) is 0 Å². The molecular weight excluding hydrogens is 316 g/mol. The zero-order valence-corrected chi connectivity index (χ0v) is 15.5. The largest absolute Gasteiger partial charge is 0.381 e. The molecule has 1 aromatic heterocycles. The standard InChI is InChI=1S/C19H32N4O2/c1-2-22(14-17-9-12-25-13-10-17)19(24)21-18-8-11-20-23(18)15-16-6-4-3-5-7-16/h8,11,16-17H,2-7,9-10,12-15H2,1H3,(H,21,24). The summed E-state index contributed by atoms with van der Waals surface area (Å²) < 4.78 is 7.39. The van der Waals surface area contributed by atoms with E-state index in [1.807, 2.05) is 22.6 Å². The quantitative estimate of drug-likeness (QED) is 0.852. The third-order valence-electron chi connectivity index (χ3n) is 5.60. The van der Waals surface area contributed by atoms with Crippen molar-refractivity contribution in [2.45, 2.75) is 58.4 Å². The summed E-state index contributed by atoms with van der Waals surface area (Å²) in [6, 6.07) is 1.89. The van der Waals surface area contributed by atoms with Crippen LogP contribution < -0.4 is 5.32 Å². The Morgan fingerprint density at radius 1 is 1.24 bits per heavy atom. The van der Waals surface area contributed by atoms with Crippen molar-refractivity contribution < 1.29 is 9.53 Å². The second kappa shape index (κ2) is 9.22. The summed E-state index contributed by atoms with van der Waals surface area (Å²) in [6.45, 7) is 6.12. The van der Waals surface area contributed by atoms with Crippen LogP contribution in [0.15, 0.2) is 12.3 Å². The third-order valence-corrected chi connectivity index (χ3v) is 5.60. The van der Waals surface area contributed by atoms with Gasteiger partial charge in [0.05, 0.1) is 6.20 Å². The van der Waals surface area contributed by atoms with Gasteiger partial charge >= 0.3 is 6.03 Å². The van der Waals surface area contributed by atoms with Crippen LogP contribution in [0.2, 0.25) is 0 Å². The molecule has 0 unspecified atom stereocenters. The highest BCUT2D eigenvalue weighted by atomic mass is 16.5. The molecule has 2 aliphatic rings. The Labute approximate surface area is 150 Å². The minimum atomic E-state index is -0.0145. The van der Waals surface area contributed by atoms with E-state index in [1.54, 1.807) is 6.20 Å². The molecule has 25 heavy (non-hydrogen) atoms. The number of anilines is 1. The SMILES string of the molecule is CCN(CC1CCOCC1)C(=O)Nc1ccnn1CC1CCCCC1. The van der Waals surface area contributed by atoms with Crippen molar-refractivity contribution in [2.75, 3.05) is 31.6 Å². The molecular formula is C19H32N4O2. The Morgan fingerprint density at radius 2 is 2.00 bits per heavy atom. The number of aromatic nitrogens is 2. The summed E-state index contributed by atoms with van der Waals surface area (Å²) in [5.74, 6) is 2.06. The Morgan fingerprint density at radius 3 is 2.72 bits per heavy atom. The molecule has 1 aromatic rings. The molecule has 6 heteroatoms. The lowest BCUT2D eigenvalue weighted by Gasteiger charge is -2.29. The third kappa shape index (κ3) is 5.21. The van der Waals surface area contributed by atoms with Gasteiger partial charge in [-0.3, -0.25) is 5.32 Å². The number of nitrogens with zero attached hydrogens (tertiary/aromatic N) is 3. The molecule has 0 radical (unpaired) electrons. The molecule has 0 atom stereocenters. The molecule has 2 amide bonds. The molecule has 3 rings (SSSR count). The van der Waals surface area contributed by atoms with E-state index >= 15 is 0 Å². The van der Waals surface area contributed by atoms with Gasteiger partial charge in [0.2, 0.25) is 0 Å². The van der Waals surface area contributed by atoms with E-state index in [2.05, 4.69) is 10.4 Å². The van der Waals surface area contributed by atoms with Gasteiger partial charge in [0, 0.05) is 38.9 Å². The van der Waals surface area contributed by atoms with Crippen LogP contribution in [-0.2, 0) is 11.3 Å². The predicted octanol–water partition coefficient (Wildman–Crippen LogP) is 3.74. The van der Waals surface area contributed by atoms with Crippen molar-refractivity contribution in [3.05, 3.63) is 12.3 Å². The highest BCUT2D eigenvalue weighted by molar-refractivity contribution is 5.88. The normalized spacial score (nSPS) is 19.7. The first kappa shape index (κ1) is 18.2. The molecule has 1 N–H and O–H groups in total. The van der Waals surface area contributed by atoms with Crippen LogP contribution in [0.5, 0.6) is 0 Å². The second-order valence-electron chi connectivity index (χ2n) is 7.43. The average molecular weight is 348 g/mol. The Balaban J connectivity index is 1.55. The van der Waals surface area contributed by atoms with Gasteiger partial charge in [0.15, 0.2) is 0 Å². The molecule has 0 spiro atoms. The van der Waals surface area contributed by atoms with E-state index in [9.17, 15) is 4.79 Å². The van der Waals surface area contributed by atoms with Crippen LogP contribution in [0, 0.1) is 11.8 Å². The summed E-state index contributed by atoms with van der Waals surface area (Å²) in [5.41, 5.74) is 0. The molecule has 2 heterocycles. The minimum absolute atomic E-state index is 0.0145. The van der Waals surface area contributed by atoms with Crippen molar-refractivity contribution in [3.8, 4) is 0 Å². The van der Waals surface area contributed by atoms with E-state index in [1.165, 1.54) is 32.1 Å². The van der Waals surface area contributed by atoms with Crippen LogP contribution in [0.1, 0.15) is 51.9 Å². The van der Waals surface area contributed by atoms with Crippen molar-refractivity contribution >= 4 is 11.8 Å². The number of urea groups is 1. The van der Waals surface area contributed by atoms with Gasteiger partial charge in [-0.1, -0.05) is 19.3 Å². The lowest BCUT2D eigenvalue weighted by atomic mass is 9.89. The number of carbonyl (C=O) groups excluding carboxylic acids is 1. The van der Waals surface area contributed by atoms with Gasteiger partial charge in [-0.25, -0.2) is 9.48 Å². The summed E-state index contributed by atoms with van der Waals surface area (Å²) in [7, 11) is 0. The first-order chi connectivity index (χ1) is 12.3. The van der Waals surface area contributed by atoms with E-state index in [4.69, 9.17) is 4.74 Å². The van der Waals surface area contributed by atoms with Crippen molar-refractivity contribution in [1.29, 1.82) is 0 Å². The second-order valence-corrected chi connectivity index (χ2v) is 7.43. The Kier molecular flexibility index (Phi) is 6.73. The molecule has 0 aromatic carbocycles. The lowest BCUT2D eigenvalue weighted by molar-refractivity contribution is 0.0576. The van der Waals surface area contributed by atoms with E-state index in [0.29, 0.717) is 11.8 Å². The number of hydrogen-bond acceptors (Lipinski definition) is 3. The summed E-state index contributed by atoms with van der Waals surface area (Å²) in [5, 5.41) is 7.51. The smallest absolute Gasteiger partial charge is 0.322 e. The first-order valence-electron chi connectivity index (χ1n) is 9.91. The molecule has 140 valence electrons. The monoisotopic (exact) mass is 348 g/mol. The summed E-state index contributed by atoms with van der Waals surface area (Å²) >= 11 is 0. The molecule has 1 aliphatic carbocycles. The number of ether oxygens (including phenoxy) is 1. The van der Waals surface area contributed by atoms with Crippen molar-refractivity contribution in [2.24, 2.45) is 11.8 Å². The van der Waals surface area contributed by atoms with Crippen molar-refractivity contribution in [1.82, 2.24) is 14.7 Å². The topological polar surface area (TPSA) is 59.4 Å². The van der Waals surface area contributed by atoms with Gasteiger partial charge in [-0.15, -0.1) is 0 Å². The zero-order valence-electron chi connectivity index (χ0n) is 15.5. The first-order valence-corrected chi connectivity index (χ1v) is 9.91. The van der Waals surface area contributed by atoms with E-state index < -0.39 is 0 Å². The van der Waals surface area contributed by atoms with Crippen LogP contribution in [0.3, 0.4) is 0 Å². The molecule has 0 bridgehead atoms. The van der Waals surface area contributed by atoms with E-state index in [-0.39, 0.29) is 6.03 Å². The van der Waals surface area contributed by atoms with Gasteiger partial charge in [-0.05, 0) is 44.4 Å². The minimum Gasteiger partial charge on any atom is -0.381 e. The number of rotatable bonds is 6. The van der Waals surface area contributed by atoms with Crippen LogP contribution in [-0.4, -0.2) is 47.0 Å². The van der Waals surface area contributed by atoms with Crippen LogP contribution in [0.25, 0.3) is 0 Å². The number of nitrogens with one attached hydrogen (secondary N) is 1. The lowest BCUT2D eigenvalue weighted by Crippen LogP contribution is -2.40. The average Bonchev–Trinajstić information content (AvgIpc) is 3.08. The maximum Gasteiger partial charge on any atom is 0.322 e. The fourth-order valence-electron chi connectivity index (χ4n) is 3.98. The number of hydrogen-bond donors (Lipinski definition) is 1. The fourth-order valence-corrected chi connectivity index (χ4v) is 3.98. The van der Waals surface area contributed by atoms with Gasteiger partial charge in [0.1, 0.15) is 5.82 Å². The Bertz CT molecular complexity index is 533. The maximum absolute atomic E-state index is 12.7. The van der Waals surface area contributed by atoms with Crippen LogP contribution >= 0.6 is 0 Å². The fraction of sp³-hybridized carbons (Fsp3) is 0.789. The molecule has 1 saturated heterocycles. The number of carbonyl (C=O) groups is 1. The highest BCUT2D eigenvalue weighted by Gasteiger charge is 2.21. The molecule has 1 aliphatic heterocycles. The van der Waals surface area contributed by atoms with E-state index in [0.717, 1.165) is 51.5 Å². The van der Waals surface area contributed by atoms with Gasteiger partial charge in [0.25, 0.3) is 0 Å². The molecule has 1 saturated carbocycles. The van der Waals surface area contributed by atoms with Gasteiger partial charge in [-0.2, -0.15) is 5.10 Å². The van der Waals surface area contributed by atoms with Gasteiger partial charge < -0.3 is 9.64 Å².